The standard InChI is InChI=1S/C24H31ClN8O3.C2H6.CH3Cl/c1-3-32-17-6-5-16(23(34)27-7-8-31-9-11-36-12-10-31)13-18(17)33(4-2)20(32)15-29-24(35)21-22(26)28-14-19(25)30-21;2*1-2/h5-6,13-14H,3-4,7-12,15H2,1-2H3,(H3-,26,27,28,29,34,35);1-2H3;1H3/p+1. The van der Waals surface area contributed by atoms with Crippen LogP contribution < -0.4 is 20.9 Å². The van der Waals surface area contributed by atoms with Gasteiger partial charge in [-0.3, -0.25) is 14.5 Å². The Kier molecular flexibility index (Phi) is 14.1. The highest BCUT2D eigenvalue weighted by Gasteiger charge is 2.25. The van der Waals surface area contributed by atoms with Gasteiger partial charge in [0.2, 0.25) is 0 Å². The second-order valence-electron chi connectivity index (χ2n) is 8.43. The molecule has 1 saturated heterocycles. The van der Waals surface area contributed by atoms with Crippen LogP contribution in [0.3, 0.4) is 0 Å². The van der Waals surface area contributed by atoms with Crippen molar-refractivity contribution in [3.63, 3.8) is 0 Å². The molecule has 4 rings (SSSR count). The van der Waals surface area contributed by atoms with Crippen molar-refractivity contribution in [2.24, 2.45) is 0 Å². The molecule has 1 aromatic carbocycles. The van der Waals surface area contributed by atoms with Crippen molar-refractivity contribution < 1.29 is 18.9 Å². The summed E-state index contributed by atoms with van der Waals surface area (Å²) in [6.07, 6.45) is 2.77. The van der Waals surface area contributed by atoms with Gasteiger partial charge in [0.05, 0.1) is 32.5 Å². The van der Waals surface area contributed by atoms with Crippen molar-refractivity contribution in [1.29, 1.82) is 0 Å². The summed E-state index contributed by atoms with van der Waals surface area (Å²) in [5, 5.41) is 5.99. The van der Waals surface area contributed by atoms with E-state index in [0.29, 0.717) is 25.2 Å². The number of hydrogen-bond acceptors (Lipinski definition) is 7. The van der Waals surface area contributed by atoms with Gasteiger partial charge in [-0.15, -0.1) is 11.6 Å². The molecule has 2 aromatic heterocycles. The molecule has 3 aromatic rings. The van der Waals surface area contributed by atoms with Crippen LogP contribution in [-0.2, 0) is 24.4 Å². The first kappa shape index (κ1) is 33.2. The smallest absolute Gasteiger partial charge is 0.277 e. The van der Waals surface area contributed by atoms with E-state index in [-0.39, 0.29) is 29.1 Å². The lowest BCUT2D eigenvalue weighted by Gasteiger charge is -2.26. The van der Waals surface area contributed by atoms with E-state index in [0.717, 1.165) is 49.7 Å². The number of aromatic nitrogens is 4. The SMILES string of the molecule is CC.CCl.CCn1c(CNC(=O)c2nc(Cl)cnc2N)[n+](CC)c2ccc(C(=O)NCCN3CCOCC3)cc21. The van der Waals surface area contributed by atoms with E-state index in [2.05, 4.69) is 46.2 Å². The minimum atomic E-state index is -0.460. The number of nitrogens with one attached hydrogen (secondary N) is 2. The molecule has 0 atom stereocenters. The van der Waals surface area contributed by atoms with Gasteiger partial charge in [-0.1, -0.05) is 25.4 Å². The fraction of sp³-hybridized carbons (Fsp3) is 0.519. The third-order valence-electron chi connectivity index (χ3n) is 6.29. The number of fused-ring (bicyclic) bond motifs is 1. The van der Waals surface area contributed by atoms with Gasteiger partial charge >= 0.3 is 0 Å². The van der Waals surface area contributed by atoms with Gasteiger partial charge in [0.15, 0.2) is 22.5 Å². The Bertz CT molecular complexity index is 1260. The zero-order valence-corrected chi connectivity index (χ0v) is 25.5. The summed E-state index contributed by atoms with van der Waals surface area (Å²) >= 11 is 10.5. The zero-order valence-electron chi connectivity index (χ0n) is 24.0. The molecule has 13 heteroatoms. The lowest BCUT2D eigenvalue weighted by atomic mass is 10.2. The first-order valence-corrected chi connectivity index (χ1v) is 14.6. The number of imidazole rings is 1. The maximum atomic E-state index is 12.9. The van der Waals surface area contributed by atoms with Gasteiger partial charge in [-0.05, 0) is 26.0 Å². The van der Waals surface area contributed by atoms with Crippen LogP contribution in [0, 0.1) is 0 Å². The van der Waals surface area contributed by atoms with Crippen LogP contribution in [-0.4, -0.2) is 77.0 Å². The minimum Gasteiger partial charge on any atom is -0.382 e. The lowest BCUT2D eigenvalue weighted by molar-refractivity contribution is -0.676. The highest BCUT2D eigenvalue weighted by molar-refractivity contribution is 6.29. The fourth-order valence-corrected chi connectivity index (χ4v) is 4.60. The largest absolute Gasteiger partial charge is 0.382 e. The number of nitrogens with zero attached hydrogens (tertiary/aromatic N) is 5. The number of nitrogen functional groups attached to an aromatic ring is 1. The molecule has 2 amide bonds. The lowest BCUT2D eigenvalue weighted by Crippen LogP contribution is -2.41. The number of carbonyl (C=O) groups excluding carboxylic acids is 2. The minimum absolute atomic E-state index is 0.0132. The van der Waals surface area contributed by atoms with E-state index in [9.17, 15) is 9.59 Å². The van der Waals surface area contributed by atoms with Crippen LogP contribution in [0.4, 0.5) is 5.82 Å². The summed E-state index contributed by atoms with van der Waals surface area (Å²) in [6, 6.07) is 5.69. The predicted octanol–water partition coefficient (Wildman–Crippen LogP) is 2.87. The van der Waals surface area contributed by atoms with Crippen molar-refractivity contribution in [1.82, 2.24) is 30.1 Å². The fourth-order valence-electron chi connectivity index (χ4n) is 4.47. The molecule has 0 radical (unpaired) electrons. The van der Waals surface area contributed by atoms with Crippen molar-refractivity contribution in [2.45, 2.75) is 47.3 Å². The average Bonchev–Trinajstić information content (AvgIpc) is 3.31. The third kappa shape index (κ3) is 8.26. The van der Waals surface area contributed by atoms with Crippen LogP contribution >= 0.6 is 23.2 Å². The van der Waals surface area contributed by atoms with Crippen molar-refractivity contribution >= 4 is 51.9 Å². The molecule has 4 N–H and O–H groups in total. The Morgan fingerprint density at radius 3 is 2.48 bits per heavy atom. The molecule has 3 heterocycles. The third-order valence-corrected chi connectivity index (χ3v) is 6.47. The molecule has 11 nitrogen and oxygen atoms in total. The quantitative estimate of drug-likeness (QED) is 0.256. The van der Waals surface area contributed by atoms with Gasteiger partial charge in [-0.25, -0.2) is 19.1 Å². The van der Waals surface area contributed by atoms with E-state index >= 15 is 0 Å². The summed E-state index contributed by atoms with van der Waals surface area (Å²) in [4.78, 5) is 35.8. The molecule has 40 heavy (non-hydrogen) atoms. The number of benzene rings is 1. The number of rotatable bonds is 9. The Morgan fingerprint density at radius 2 is 1.82 bits per heavy atom. The zero-order chi connectivity index (χ0) is 29.7. The molecule has 0 spiro atoms. The monoisotopic (exact) mass is 595 g/mol. The Labute approximate surface area is 246 Å². The molecule has 0 saturated carbocycles. The van der Waals surface area contributed by atoms with Crippen LogP contribution in [0.15, 0.2) is 24.4 Å². The maximum absolute atomic E-state index is 12.9. The van der Waals surface area contributed by atoms with Gasteiger partial charge < -0.3 is 21.1 Å². The van der Waals surface area contributed by atoms with E-state index < -0.39 is 5.91 Å². The number of carbonyl (C=O) groups is 2. The summed E-state index contributed by atoms with van der Waals surface area (Å²) < 4.78 is 9.58. The molecule has 1 aliphatic heterocycles. The Balaban J connectivity index is 0.00000134. The van der Waals surface area contributed by atoms with Crippen LogP contribution in [0.2, 0.25) is 5.15 Å². The van der Waals surface area contributed by atoms with Crippen molar-refractivity contribution in [3.8, 4) is 0 Å². The normalized spacial score (nSPS) is 13.1. The molecule has 0 bridgehead atoms. The highest BCUT2D eigenvalue weighted by Crippen LogP contribution is 2.18. The highest BCUT2D eigenvalue weighted by atomic mass is 35.5. The molecule has 0 unspecified atom stereocenters. The first-order chi connectivity index (χ1) is 19.4. The number of ether oxygens (including phenoxy) is 1. The molecular weight excluding hydrogens is 555 g/mol. The van der Waals surface area contributed by atoms with Crippen LogP contribution in [0.1, 0.15) is 54.4 Å². The second-order valence-corrected chi connectivity index (χ2v) is 8.81. The van der Waals surface area contributed by atoms with Gasteiger partial charge in [0, 0.05) is 44.2 Å². The number of morpholine rings is 1. The van der Waals surface area contributed by atoms with E-state index in [4.69, 9.17) is 22.1 Å². The summed E-state index contributed by atoms with van der Waals surface area (Å²) in [5.74, 6) is 0.336. The van der Waals surface area contributed by atoms with Gasteiger partial charge in [0.1, 0.15) is 11.7 Å². The Morgan fingerprint density at radius 1 is 1.12 bits per heavy atom. The van der Waals surface area contributed by atoms with Crippen LogP contribution in [0.25, 0.3) is 11.0 Å². The van der Waals surface area contributed by atoms with E-state index in [1.165, 1.54) is 12.6 Å². The first-order valence-electron chi connectivity index (χ1n) is 13.5. The molecule has 220 valence electrons. The Hall–Kier alpha value is -2.99. The van der Waals surface area contributed by atoms with E-state index in [1.807, 2.05) is 45.9 Å². The molecule has 0 aliphatic carbocycles. The molecule has 1 aliphatic rings. The second kappa shape index (κ2) is 17.0. The number of amides is 2. The summed E-state index contributed by atoms with van der Waals surface area (Å²) in [5.41, 5.74) is 8.29. The summed E-state index contributed by atoms with van der Waals surface area (Å²) in [6.45, 7) is 14.3. The number of halogens is 2. The average molecular weight is 597 g/mol. The number of alkyl halides is 1. The van der Waals surface area contributed by atoms with E-state index in [1.54, 1.807) is 0 Å². The molecular formula is C27H41Cl2N8O3+. The van der Waals surface area contributed by atoms with Crippen molar-refractivity contribution in [2.75, 3.05) is 51.5 Å². The topological polar surface area (TPSA) is 131 Å². The van der Waals surface area contributed by atoms with Gasteiger partial charge in [0.25, 0.3) is 17.6 Å². The maximum Gasteiger partial charge on any atom is 0.277 e. The molecule has 1 fully saturated rings. The number of hydrogen-bond donors (Lipinski definition) is 3. The number of anilines is 1. The van der Waals surface area contributed by atoms with Crippen molar-refractivity contribution in [3.05, 3.63) is 46.6 Å². The van der Waals surface area contributed by atoms with Crippen LogP contribution in [0.5, 0.6) is 0 Å². The predicted molar refractivity (Wildman–Crippen MR) is 159 cm³/mol. The summed E-state index contributed by atoms with van der Waals surface area (Å²) in [7, 11) is 0. The number of nitrogens with two attached hydrogens (primary N) is 1. The van der Waals surface area contributed by atoms with Gasteiger partial charge in [-0.2, -0.15) is 0 Å². The number of aryl methyl sites for hydroxylation is 2.